The summed E-state index contributed by atoms with van der Waals surface area (Å²) in [7, 11) is 0. The van der Waals surface area contributed by atoms with E-state index in [4.69, 9.17) is 5.11 Å². The first-order valence-electron chi connectivity index (χ1n) is 2.24. The van der Waals surface area contributed by atoms with Gasteiger partial charge in [-0.1, -0.05) is 6.58 Å². The quantitative estimate of drug-likeness (QED) is 0.491. The van der Waals surface area contributed by atoms with Crippen LogP contribution in [-0.2, 0) is 0 Å². The van der Waals surface area contributed by atoms with Crippen LogP contribution < -0.4 is 0 Å². The Kier molecular flexibility index (Phi) is 4.96. The highest BCUT2D eigenvalue weighted by atomic mass is 16.2. The minimum absolute atomic E-state index is 0.750. The van der Waals surface area contributed by atoms with Crippen molar-refractivity contribution in [3.05, 3.63) is 37.4 Å². The Bertz CT molecular complexity index is 94.9. The van der Waals surface area contributed by atoms with Crippen molar-refractivity contribution in [2.75, 3.05) is 0 Å². The smallest absolute Gasteiger partial charge is 0.0719 e. The molecule has 0 saturated heterocycles. The molecule has 1 aromatic heterocycles. The van der Waals surface area contributed by atoms with Gasteiger partial charge in [-0.3, -0.25) is 0 Å². The van der Waals surface area contributed by atoms with E-state index in [9.17, 15) is 0 Å². The molecule has 0 aliphatic carbocycles. The number of aromatic nitrogens is 1. The first-order chi connectivity index (χ1) is 3.91. The summed E-state index contributed by atoms with van der Waals surface area (Å²) >= 11 is 0. The van der Waals surface area contributed by atoms with Crippen molar-refractivity contribution in [1.82, 2.24) is 4.98 Å². The molecule has 0 bridgehead atoms. The maximum atomic E-state index is 7.33. The monoisotopic (exact) mass is 111 g/mol. The van der Waals surface area contributed by atoms with Crippen molar-refractivity contribution in [2.45, 2.75) is 0 Å². The van der Waals surface area contributed by atoms with Gasteiger partial charge in [-0.05, 0) is 12.1 Å². The van der Waals surface area contributed by atoms with E-state index in [1.54, 1.807) is 0 Å². The molecule has 2 nitrogen and oxygen atoms in total. The minimum atomic E-state index is 0.750. The third-order valence-corrected chi connectivity index (χ3v) is 0.496. The second kappa shape index (κ2) is 5.82. The summed E-state index contributed by atoms with van der Waals surface area (Å²) in [6.45, 7) is 2.92. The Morgan fingerprint density at radius 1 is 1.38 bits per heavy atom. The molecular weight excluding hydrogens is 102 g/mol. The standard InChI is InChI=1S/C4H5N.C2H4O/c1-2-4-5-3-1;1-2-3/h1-5H;2-3H,1H2. The molecule has 0 aliphatic heterocycles. The van der Waals surface area contributed by atoms with Crippen LogP contribution >= 0.6 is 0 Å². The lowest BCUT2D eigenvalue weighted by Crippen LogP contribution is -1.38. The van der Waals surface area contributed by atoms with E-state index in [0.29, 0.717) is 0 Å². The third kappa shape index (κ3) is 4.82. The summed E-state index contributed by atoms with van der Waals surface area (Å²) in [4.78, 5) is 2.86. The van der Waals surface area contributed by atoms with Crippen LogP contribution in [0, 0.1) is 0 Å². The molecular formula is C6H9NO. The molecule has 0 amide bonds. The number of rotatable bonds is 0. The van der Waals surface area contributed by atoms with Gasteiger partial charge in [0.15, 0.2) is 0 Å². The molecule has 1 heterocycles. The molecule has 1 rings (SSSR count). The second-order valence-electron chi connectivity index (χ2n) is 1.07. The summed E-state index contributed by atoms with van der Waals surface area (Å²) in [5.74, 6) is 0. The first kappa shape index (κ1) is 6.82. The average Bonchev–Trinajstić information content (AvgIpc) is 2.17. The van der Waals surface area contributed by atoms with Gasteiger partial charge < -0.3 is 10.1 Å². The molecule has 0 saturated carbocycles. The van der Waals surface area contributed by atoms with E-state index in [-0.39, 0.29) is 0 Å². The van der Waals surface area contributed by atoms with Crippen molar-refractivity contribution in [2.24, 2.45) is 0 Å². The number of aliphatic hydroxyl groups is 1. The van der Waals surface area contributed by atoms with E-state index >= 15 is 0 Å². The van der Waals surface area contributed by atoms with Gasteiger partial charge in [0.2, 0.25) is 0 Å². The fourth-order valence-electron chi connectivity index (χ4n) is 0.278. The highest BCUT2D eigenvalue weighted by molar-refractivity contribution is 4.84. The van der Waals surface area contributed by atoms with Gasteiger partial charge in [-0.15, -0.1) is 0 Å². The van der Waals surface area contributed by atoms with E-state index in [1.807, 2.05) is 24.5 Å². The molecule has 0 fully saturated rings. The molecule has 8 heavy (non-hydrogen) atoms. The molecule has 0 aliphatic rings. The van der Waals surface area contributed by atoms with E-state index in [0.717, 1.165) is 6.26 Å². The van der Waals surface area contributed by atoms with Crippen LogP contribution in [0.3, 0.4) is 0 Å². The second-order valence-corrected chi connectivity index (χ2v) is 1.07. The minimum Gasteiger partial charge on any atom is -0.516 e. The van der Waals surface area contributed by atoms with Crippen molar-refractivity contribution in [3.8, 4) is 0 Å². The molecule has 1 aromatic rings. The SMILES string of the molecule is C=CO.c1cc[nH]c1. The number of nitrogens with one attached hydrogen (secondary N) is 1. The highest BCUT2D eigenvalue weighted by Crippen LogP contribution is 1.72. The summed E-state index contributed by atoms with van der Waals surface area (Å²) < 4.78 is 0. The zero-order chi connectivity index (χ0) is 6.24. The van der Waals surface area contributed by atoms with Crippen LogP contribution in [0.25, 0.3) is 0 Å². The zero-order valence-electron chi connectivity index (χ0n) is 4.54. The number of aliphatic hydroxyl groups excluding tert-OH is 1. The Morgan fingerprint density at radius 3 is 1.88 bits per heavy atom. The largest absolute Gasteiger partial charge is 0.516 e. The summed E-state index contributed by atoms with van der Waals surface area (Å²) in [6, 6.07) is 3.89. The summed E-state index contributed by atoms with van der Waals surface area (Å²) in [6.07, 6.45) is 4.50. The average molecular weight is 111 g/mol. The van der Waals surface area contributed by atoms with Crippen LogP contribution in [0.5, 0.6) is 0 Å². The highest BCUT2D eigenvalue weighted by Gasteiger charge is 1.55. The molecule has 2 N–H and O–H groups in total. The van der Waals surface area contributed by atoms with Crippen molar-refractivity contribution < 1.29 is 5.11 Å². The predicted octanol–water partition coefficient (Wildman–Crippen LogP) is 1.70. The molecule has 0 radical (unpaired) electrons. The predicted molar refractivity (Wildman–Crippen MR) is 33.6 cm³/mol. The van der Waals surface area contributed by atoms with Crippen LogP contribution in [0.4, 0.5) is 0 Å². The Morgan fingerprint density at radius 2 is 1.75 bits per heavy atom. The van der Waals surface area contributed by atoms with Gasteiger partial charge in [0, 0.05) is 12.4 Å². The van der Waals surface area contributed by atoms with Gasteiger partial charge in [-0.2, -0.15) is 0 Å². The van der Waals surface area contributed by atoms with E-state index in [2.05, 4.69) is 11.6 Å². The Hall–Kier alpha value is -1.18. The van der Waals surface area contributed by atoms with E-state index < -0.39 is 0 Å². The Labute approximate surface area is 48.5 Å². The fourth-order valence-corrected chi connectivity index (χ4v) is 0.278. The topological polar surface area (TPSA) is 36.0 Å². The van der Waals surface area contributed by atoms with Crippen LogP contribution in [-0.4, -0.2) is 10.1 Å². The van der Waals surface area contributed by atoms with Crippen molar-refractivity contribution in [3.63, 3.8) is 0 Å². The van der Waals surface area contributed by atoms with Crippen LogP contribution in [0.1, 0.15) is 0 Å². The number of hydrogen-bond acceptors (Lipinski definition) is 1. The van der Waals surface area contributed by atoms with Gasteiger partial charge in [0.05, 0.1) is 6.26 Å². The molecule has 2 heteroatoms. The third-order valence-electron chi connectivity index (χ3n) is 0.496. The fraction of sp³-hybridized carbons (Fsp3) is 0. The summed E-state index contributed by atoms with van der Waals surface area (Å²) in [5.41, 5.74) is 0. The lowest BCUT2D eigenvalue weighted by atomic mass is 10.7. The van der Waals surface area contributed by atoms with Gasteiger partial charge in [0.25, 0.3) is 0 Å². The maximum absolute atomic E-state index is 7.33. The Balaban J connectivity index is 0.000000145. The normalized spacial score (nSPS) is 6.50. The first-order valence-corrected chi connectivity index (χ1v) is 2.24. The van der Waals surface area contributed by atoms with Gasteiger partial charge >= 0.3 is 0 Å². The number of aromatic amines is 1. The lowest BCUT2D eigenvalue weighted by Gasteiger charge is -1.49. The molecule has 0 spiro atoms. The zero-order valence-corrected chi connectivity index (χ0v) is 4.54. The van der Waals surface area contributed by atoms with Crippen LogP contribution in [0.15, 0.2) is 37.4 Å². The van der Waals surface area contributed by atoms with Gasteiger partial charge in [-0.25, -0.2) is 0 Å². The van der Waals surface area contributed by atoms with Crippen molar-refractivity contribution in [1.29, 1.82) is 0 Å². The van der Waals surface area contributed by atoms with Crippen molar-refractivity contribution >= 4 is 0 Å². The molecule has 0 unspecified atom stereocenters. The molecule has 0 atom stereocenters. The van der Waals surface area contributed by atoms with E-state index in [1.165, 1.54) is 0 Å². The van der Waals surface area contributed by atoms with Crippen LogP contribution in [0.2, 0.25) is 0 Å². The summed E-state index contributed by atoms with van der Waals surface area (Å²) in [5, 5.41) is 7.33. The number of H-pyrrole nitrogens is 1. The lowest BCUT2D eigenvalue weighted by molar-refractivity contribution is 0.476. The number of hydrogen-bond donors (Lipinski definition) is 2. The molecule has 0 aromatic carbocycles. The van der Waals surface area contributed by atoms with Gasteiger partial charge in [0.1, 0.15) is 0 Å². The maximum Gasteiger partial charge on any atom is 0.0719 e. The molecule has 44 valence electrons.